The normalized spacial score (nSPS) is 14.3. The van der Waals surface area contributed by atoms with Gasteiger partial charge in [0.1, 0.15) is 5.82 Å². The van der Waals surface area contributed by atoms with Crippen LogP contribution < -0.4 is 0 Å². The minimum atomic E-state index is -0.364. The van der Waals surface area contributed by atoms with Gasteiger partial charge in [-0.3, -0.25) is 0 Å². The summed E-state index contributed by atoms with van der Waals surface area (Å²) < 4.78 is 15.5. The van der Waals surface area contributed by atoms with Gasteiger partial charge in [-0.25, -0.2) is 9.07 Å². The molecule has 19 heavy (non-hydrogen) atoms. The predicted octanol–water partition coefficient (Wildman–Crippen LogP) is 2.31. The highest BCUT2D eigenvalue weighted by atomic mass is 32.2. The van der Waals surface area contributed by atoms with Crippen molar-refractivity contribution in [2.45, 2.75) is 29.8 Å². The molecule has 1 saturated carbocycles. The molecule has 0 amide bonds. The highest BCUT2D eigenvalue weighted by Crippen LogP contribution is 2.36. The van der Waals surface area contributed by atoms with E-state index in [1.165, 1.54) is 17.8 Å². The molecule has 96 valence electrons. The molecule has 1 fully saturated rings. The molecule has 0 atom stereocenters. The Labute approximate surface area is 113 Å². The zero-order chi connectivity index (χ0) is 13.2. The molecule has 0 N–H and O–H groups in total. The Morgan fingerprint density at radius 3 is 3.00 bits per heavy atom. The molecule has 2 aromatic rings. The summed E-state index contributed by atoms with van der Waals surface area (Å²) in [4.78, 5) is 0. The Morgan fingerprint density at radius 1 is 1.47 bits per heavy atom. The number of nitriles is 1. The van der Waals surface area contributed by atoms with E-state index in [1.807, 2.05) is 6.07 Å². The van der Waals surface area contributed by atoms with Gasteiger partial charge in [0.05, 0.1) is 17.7 Å². The first-order valence-electron chi connectivity index (χ1n) is 5.87. The van der Waals surface area contributed by atoms with Crippen LogP contribution in [0.4, 0.5) is 4.39 Å². The van der Waals surface area contributed by atoms with E-state index in [9.17, 15) is 4.39 Å². The molecule has 7 heteroatoms. The lowest BCUT2D eigenvalue weighted by molar-refractivity contribution is 0.565. The predicted molar refractivity (Wildman–Crippen MR) is 66.8 cm³/mol. The van der Waals surface area contributed by atoms with Crippen molar-refractivity contribution < 1.29 is 4.39 Å². The monoisotopic (exact) mass is 275 g/mol. The molecule has 1 aromatic carbocycles. The van der Waals surface area contributed by atoms with Gasteiger partial charge in [0.25, 0.3) is 0 Å². The van der Waals surface area contributed by atoms with E-state index in [1.54, 1.807) is 16.8 Å². The fraction of sp³-hybridized carbons (Fsp3) is 0.333. The summed E-state index contributed by atoms with van der Waals surface area (Å²) in [5.74, 6) is 0.0852. The van der Waals surface area contributed by atoms with E-state index in [4.69, 9.17) is 5.26 Å². The zero-order valence-electron chi connectivity index (χ0n) is 9.95. The molecule has 0 unspecified atom stereocenters. The minimum absolute atomic E-state index is 0.328. The Bertz CT molecular complexity index is 644. The maximum absolute atomic E-state index is 13.7. The maximum atomic E-state index is 13.7. The Kier molecular flexibility index (Phi) is 3.17. The standard InChI is InChI=1S/C12H10FN5S/c13-11-5-8(6-14)1-2-9(11)7-19-12-15-16-17-18(12)10-3-4-10/h1-2,5,10H,3-4,7H2. The third-order valence-corrected chi connectivity index (χ3v) is 3.88. The Hall–Kier alpha value is -1.94. The van der Waals surface area contributed by atoms with Crippen molar-refractivity contribution in [3.8, 4) is 6.07 Å². The van der Waals surface area contributed by atoms with E-state index < -0.39 is 0 Å². The molecule has 1 aliphatic carbocycles. The summed E-state index contributed by atoms with van der Waals surface area (Å²) in [6, 6.07) is 6.81. The second-order valence-electron chi connectivity index (χ2n) is 4.34. The number of aromatic nitrogens is 4. The highest BCUT2D eigenvalue weighted by molar-refractivity contribution is 7.98. The number of benzene rings is 1. The van der Waals surface area contributed by atoms with Crippen molar-refractivity contribution in [1.29, 1.82) is 5.26 Å². The lowest BCUT2D eigenvalue weighted by Crippen LogP contribution is -1.99. The molecule has 3 rings (SSSR count). The fourth-order valence-electron chi connectivity index (χ4n) is 1.70. The molecule has 1 aliphatic rings. The molecular formula is C12H10FN5S. The van der Waals surface area contributed by atoms with E-state index in [0.29, 0.717) is 28.1 Å². The number of thioether (sulfide) groups is 1. The van der Waals surface area contributed by atoms with Crippen LogP contribution in [0.1, 0.15) is 30.0 Å². The summed E-state index contributed by atoms with van der Waals surface area (Å²) in [6.45, 7) is 0. The molecule has 0 bridgehead atoms. The van der Waals surface area contributed by atoms with Crippen LogP contribution in [0.3, 0.4) is 0 Å². The van der Waals surface area contributed by atoms with Gasteiger partial charge >= 0.3 is 0 Å². The van der Waals surface area contributed by atoms with Gasteiger partial charge in [-0.05, 0) is 41.0 Å². The number of nitrogens with zero attached hydrogens (tertiary/aromatic N) is 5. The van der Waals surface area contributed by atoms with Crippen LogP contribution in [0, 0.1) is 17.1 Å². The van der Waals surface area contributed by atoms with Crippen molar-refractivity contribution in [2.24, 2.45) is 0 Å². The topological polar surface area (TPSA) is 67.4 Å². The van der Waals surface area contributed by atoms with Gasteiger partial charge in [-0.2, -0.15) is 5.26 Å². The smallest absolute Gasteiger partial charge is 0.209 e. The van der Waals surface area contributed by atoms with Gasteiger partial charge in [-0.15, -0.1) is 5.10 Å². The SMILES string of the molecule is N#Cc1ccc(CSc2nnnn2C2CC2)c(F)c1. The van der Waals surface area contributed by atoms with Crippen molar-refractivity contribution >= 4 is 11.8 Å². The lowest BCUT2D eigenvalue weighted by Gasteiger charge is -2.04. The average molecular weight is 275 g/mol. The summed E-state index contributed by atoms with van der Waals surface area (Å²) in [7, 11) is 0. The van der Waals surface area contributed by atoms with Crippen LogP contribution in [-0.2, 0) is 5.75 Å². The Morgan fingerprint density at radius 2 is 2.32 bits per heavy atom. The van der Waals surface area contributed by atoms with E-state index in [0.717, 1.165) is 12.8 Å². The average Bonchev–Trinajstić information content (AvgIpc) is 3.16. The number of halogens is 1. The molecule has 1 aromatic heterocycles. The van der Waals surface area contributed by atoms with E-state index in [2.05, 4.69) is 15.5 Å². The summed E-state index contributed by atoms with van der Waals surface area (Å²) in [5, 5.41) is 20.9. The van der Waals surface area contributed by atoms with Crippen molar-refractivity contribution in [2.75, 3.05) is 0 Å². The molecule has 0 saturated heterocycles. The summed E-state index contributed by atoms with van der Waals surface area (Å²) in [5.41, 5.74) is 0.878. The fourth-order valence-corrected chi connectivity index (χ4v) is 2.64. The highest BCUT2D eigenvalue weighted by Gasteiger charge is 2.27. The minimum Gasteiger partial charge on any atom is -0.217 e. The van der Waals surface area contributed by atoms with Crippen LogP contribution in [0.2, 0.25) is 0 Å². The molecular weight excluding hydrogens is 265 g/mol. The molecule has 0 spiro atoms. The van der Waals surface area contributed by atoms with Crippen molar-refractivity contribution in [3.05, 3.63) is 35.1 Å². The van der Waals surface area contributed by atoms with Crippen LogP contribution in [0.5, 0.6) is 0 Å². The lowest BCUT2D eigenvalue weighted by atomic mass is 10.1. The van der Waals surface area contributed by atoms with E-state index >= 15 is 0 Å². The Balaban J connectivity index is 1.72. The molecule has 0 aliphatic heterocycles. The van der Waals surface area contributed by atoms with Gasteiger partial charge in [-0.1, -0.05) is 17.8 Å². The van der Waals surface area contributed by atoms with Crippen LogP contribution >= 0.6 is 11.8 Å². The third kappa shape index (κ3) is 2.58. The van der Waals surface area contributed by atoms with Gasteiger partial charge in [0.15, 0.2) is 0 Å². The summed E-state index contributed by atoms with van der Waals surface area (Å²) >= 11 is 1.41. The van der Waals surface area contributed by atoms with Gasteiger partial charge in [0.2, 0.25) is 5.16 Å². The second-order valence-corrected chi connectivity index (χ2v) is 5.29. The third-order valence-electron chi connectivity index (χ3n) is 2.89. The number of rotatable bonds is 4. The van der Waals surface area contributed by atoms with Gasteiger partial charge < -0.3 is 0 Å². The number of hydrogen-bond donors (Lipinski definition) is 0. The van der Waals surface area contributed by atoms with Crippen LogP contribution in [-0.4, -0.2) is 20.2 Å². The quantitative estimate of drug-likeness (QED) is 0.801. The molecule has 5 nitrogen and oxygen atoms in total. The first kappa shape index (κ1) is 12.1. The van der Waals surface area contributed by atoms with E-state index in [-0.39, 0.29) is 5.82 Å². The zero-order valence-corrected chi connectivity index (χ0v) is 10.8. The number of hydrogen-bond acceptors (Lipinski definition) is 5. The second kappa shape index (κ2) is 4.97. The summed E-state index contributed by atoms with van der Waals surface area (Å²) in [6.07, 6.45) is 2.20. The van der Waals surface area contributed by atoms with Crippen LogP contribution in [0.15, 0.2) is 23.4 Å². The van der Waals surface area contributed by atoms with Crippen molar-refractivity contribution in [1.82, 2.24) is 20.2 Å². The number of tetrazole rings is 1. The first-order chi connectivity index (χ1) is 9.28. The van der Waals surface area contributed by atoms with Crippen LogP contribution in [0.25, 0.3) is 0 Å². The maximum Gasteiger partial charge on any atom is 0.209 e. The molecule has 1 heterocycles. The first-order valence-corrected chi connectivity index (χ1v) is 6.85. The largest absolute Gasteiger partial charge is 0.217 e. The molecule has 0 radical (unpaired) electrons. The van der Waals surface area contributed by atoms with Crippen molar-refractivity contribution in [3.63, 3.8) is 0 Å². The van der Waals surface area contributed by atoms with Gasteiger partial charge in [0, 0.05) is 5.75 Å².